The van der Waals surface area contributed by atoms with Crippen molar-refractivity contribution in [3.8, 4) is 0 Å². The third-order valence-electron chi connectivity index (χ3n) is 6.09. The molecular formula is C28H41N3O4S. The molecule has 0 spiro atoms. The summed E-state index contributed by atoms with van der Waals surface area (Å²) in [5, 5.41) is 2.97. The van der Waals surface area contributed by atoms with E-state index in [-0.39, 0.29) is 24.8 Å². The monoisotopic (exact) mass is 515 g/mol. The molecule has 7 nitrogen and oxygen atoms in total. The first-order chi connectivity index (χ1) is 17.0. The summed E-state index contributed by atoms with van der Waals surface area (Å²) in [6.07, 6.45) is 2.83. The summed E-state index contributed by atoms with van der Waals surface area (Å²) in [6.45, 7) is 9.00. The highest BCUT2D eigenvalue weighted by Crippen LogP contribution is 2.23. The van der Waals surface area contributed by atoms with E-state index in [1.165, 1.54) is 10.6 Å². The van der Waals surface area contributed by atoms with Crippen molar-refractivity contribution in [1.29, 1.82) is 0 Å². The fourth-order valence-corrected chi connectivity index (χ4v) is 5.17. The number of para-hydroxylation sites is 1. The summed E-state index contributed by atoms with van der Waals surface area (Å²) in [4.78, 5) is 28.1. The lowest BCUT2D eigenvalue weighted by atomic mass is 10.1. The number of hydrogen-bond donors (Lipinski definition) is 1. The van der Waals surface area contributed by atoms with Gasteiger partial charge in [-0.3, -0.25) is 13.9 Å². The number of nitrogens with one attached hydrogen (secondary N) is 1. The van der Waals surface area contributed by atoms with Crippen molar-refractivity contribution in [3.63, 3.8) is 0 Å². The topological polar surface area (TPSA) is 86.8 Å². The first kappa shape index (κ1) is 29.4. The van der Waals surface area contributed by atoms with Gasteiger partial charge in [-0.15, -0.1) is 0 Å². The minimum Gasteiger partial charge on any atom is -0.354 e. The van der Waals surface area contributed by atoms with Gasteiger partial charge in [0.15, 0.2) is 0 Å². The smallest absolute Gasteiger partial charge is 0.242 e. The van der Waals surface area contributed by atoms with Gasteiger partial charge in [0.1, 0.15) is 6.04 Å². The second-order valence-corrected chi connectivity index (χ2v) is 11.5. The minimum atomic E-state index is -3.51. The predicted octanol–water partition coefficient (Wildman–Crippen LogP) is 4.16. The van der Waals surface area contributed by atoms with Gasteiger partial charge in [-0.1, -0.05) is 69.3 Å². The van der Waals surface area contributed by atoms with Crippen LogP contribution in [0.5, 0.6) is 0 Å². The lowest BCUT2D eigenvalue weighted by molar-refractivity contribution is -0.140. The number of nitrogens with zero attached hydrogens (tertiary/aromatic N) is 2. The molecule has 0 heterocycles. The quantitative estimate of drug-likeness (QED) is 0.409. The molecule has 1 N–H and O–H groups in total. The summed E-state index contributed by atoms with van der Waals surface area (Å²) >= 11 is 0. The Bertz CT molecular complexity index is 1090. The van der Waals surface area contributed by atoms with E-state index < -0.39 is 16.1 Å². The normalized spacial score (nSPS) is 12.3. The lowest BCUT2D eigenvalue weighted by Gasteiger charge is -2.31. The molecule has 0 radical (unpaired) electrons. The van der Waals surface area contributed by atoms with Crippen LogP contribution in [0.1, 0.15) is 51.2 Å². The number of carbonyl (C=O) groups excluding carboxylic acids is 2. The van der Waals surface area contributed by atoms with Gasteiger partial charge in [-0.05, 0) is 49.3 Å². The third kappa shape index (κ3) is 8.97. The minimum absolute atomic E-state index is 0.143. The van der Waals surface area contributed by atoms with E-state index in [9.17, 15) is 18.0 Å². The molecule has 0 aromatic heterocycles. The van der Waals surface area contributed by atoms with Crippen molar-refractivity contribution in [3.05, 3.63) is 65.7 Å². The molecule has 36 heavy (non-hydrogen) atoms. The largest absolute Gasteiger partial charge is 0.354 e. The number of aryl methyl sites for hydroxylation is 1. The number of benzene rings is 2. The molecule has 2 amide bonds. The zero-order chi connectivity index (χ0) is 26.7. The molecule has 198 valence electrons. The van der Waals surface area contributed by atoms with Crippen molar-refractivity contribution >= 4 is 27.5 Å². The molecule has 0 saturated heterocycles. The predicted molar refractivity (Wildman–Crippen MR) is 146 cm³/mol. The number of rotatable bonds is 14. The van der Waals surface area contributed by atoms with Gasteiger partial charge in [0.25, 0.3) is 0 Å². The molecule has 0 saturated carbocycles. The maximum atomic E-state index is 13.4. The van der Waals surface area contributed by atoms with Crippen molar-refractivity contribution in [1.82, 2.24) is 10.2 Å². The molecule has 1 unspecified atom stereocenters. The summed E-state index contributed by atoms with van der Waals surface area (Å²) in [6, 6.07) is 16.6. The van der Waals surface area contributed by atoms with E-state index in [0.717, 1.165) is 11.1 Å². The highest BCUT2D eigenvalue weighted by atomic mass is 32.2. The Morgan fingerprint density at radius 1 is 0.972 bits per heavy atom. The van der Waals surface area contributed by atoms with Crippen LogP contribution in [0.2, 0.25) is 0 Å². The lowest BCUT2D eigenvalue weighted by Crippen LogP contribution is -2.50. The van der Waals surface area contributed by atoms with E-state index in [2.05, 4.69) is 5.32 Å². The van der Waals surface area contributed by atoms with E-state index in [1.807, 2.05) is 70.2 Å². The van der Waals surface area contributed by atoms with Crippen molar-refractivity contribution < 1.29 is 18.0 Å². The molecule has 0 aliphatic carbocycles. The van der Waals surface area contributed by atoms with E-state index in [4.69, 9.17) is 0 Å². The average Bonchev–Trinajstić information content (AvgIpc) is 2.83. The molecule has 2 aromatic rings. The SMILES string of the molecule is CCC(C(=O)NCC(C)C)N(CCc1ccccc1)C(=O)CCCN(c1ccccc1C)S(C)(=O)=O. The second kappa shape index (κ2) is 14.0. The van der Waals surface area contributed by atoms with Crippen LogP contribution in [-0.4, -0.2) is 57.1 Å². The van der Waals surface area contributed by atoms with Crippen LogP contribution in [0, 0.1) is 12.8 Å². The van der Waals surface area contributed by atoms with Gasteiger partial charge < -0.3 is 10.2 Å². The van der Waals surface area contributed by atoms with Crippen molar-refractivity contribution in [2.45, 2.75) is 59.4 Å². The van der Waals surface area contributed by atoms with E-state index in [0.29, 0.717) is 44.0 Å². The van der Waals surface area contributed by atoms with Crippen LogP contribution in [0.15, 0.2) is 54.6 Å². The zero-order valence-corrected chi connectivity index (χ0v) is 23.1. The Balaban J connectivity index is 2.16. The van der Waals surface area contributed by atoms with Crippen LogP contribution in [0.3, 0.4) is 0 Å². The van der Waals surface area contributed by atoms with Crippen molar-refractivity contribution in [2.75, 3.05) is 30.2 Å². The molecular weight excluding hydrogens is 474 g/mol. The number of sulfonamides is 1. The molecule has 0 fully saturated rings. The summed E-state index contributed by atoms with van der Waals surface area (Å²) in [5.41, 5.74) is 2.56. The molecule has 0 bridgehead atoms. The molecule has 8 heteroatoms. The van der Waals surface area contributed by atoms with Gasteiger partial charge in [0.2, 0.25) is 21.8 Å². The van der Waals surface area contributed by atoms with Gasteiger partial charge >= 0.3 is 0 Å². The van der Waals surface area contributed by atoms with E-state index >= 15 is 0 Å². The first-order valence-electron chi connectivity index (χ1n) is 12.7. The Hall–Kier alpha value is -2.87. The number of anilines is 1. The standard InChI is InChI=1S/C28H41N3O4S/c1-6-25(28(33)29-21-22(2)3)30(20-18-24-14-8-7-9-15-24)27(32)17-12-19-31(36(5,34)35)26-16-11-10-13-23(26)4/h7-11,13-16,22,25H,6,12,17-21H2,1-5H3,(H,29,33). The highest BCUT2D eigenvalue weighted by molar-refractivity contribution is 7.92. The molecule has 2 rings (SSSR count). The first-order valence-corrected chi connectivity index (χ1v) is 14.5. The Morgan fingerprint density at radius 3 is 2.19 bits per heavy atom. The summed E-state index contributed by atoms with van der Waals surface area (Å²) in [7, 11) is -3.51. The number of carbonyl (C=O) groups is 2. The average molecular weight is 516 g/mol. The summed E-state index contributed by atoms with van der Waals surface area (Å²) in [5.74, 6) is 0.0179. The number of hydrogen-bond acceptors (Lipinski definition) is 4. The van der Waals surface area contributed by atoms with Gasteiger partial charge in [0.05, 0.1) is 11.9 Å². The Morgan fingerprint density at radius 2 is 1.61 bits per heavy atom. The van der Waals surface area contributed by atoms with Crippen LogP contribution >= 0.6 is 0 Å². The highest BCUT2D eigenvalue weighted by Gasteiger charge is 2.28. The molecule has 2 aromatic carbocycles. The van der Waals surface area contributed by atoms with Crippen LogP contribution in [-0.2, 0) is 26.0 Å². The second-order valence-electron chi connectivity index (χ2n) is 9.61. The van der Waals surface area contributed by atoms with Crippen LogP contribution < -0.4 is 9.62 Å². The third-order valence-corrected chi connectivity index (χ3v) is 7.27. The van der Waals surface area contributed by atoms with Gasteiger partial charge in [-0.25, -0.2) is 8.42 Å². The Labute approximate surface area is 216 Å². The van der Waals surface area contributed by atoms with Crippen LogP contribution in [0.4, 0.5) is 5.69 Å². The zero-order valence-electron chi connectivity index (χ0n) is 22.2. The molecule has 0 aliphatic heterocycles. The van der Waals surface area contributed by atoms with E-state index in [1.54, 1.807) is 17.0 Å². The van der Waals surface area contributed by atoms with Gasteiger partial charge in [-0.2, -0.15) is 0 Å². The fourth-order valence-electron chi connectivity index (χ4n) is 4.14. The molecule has 1 atom stereocenters. The van der Waals surface area contributed by atoms with Crippen LogP contribution in [0.25, 0.3) is 0 Å². The number of amides is 2. The van der Waals surface area contributed by atoms with Crippen molar-refractivity contribution in [2.24, 2.45) is 5.92 Å². The Kier molecular flexibility index (Phi) is 11.4. The summed E-state index contributed by atoms with van der Waals surface area (Å²) < 4.78 is 26.4. The molecule has 0 aliphatic rings. The van der Waals surface area contributed by atoms with Gasteiger partial charge in [0, 0.05) is 26.1 Å². The fraction of sp³-hybridized carbons (Fsp3) is 0.500. The maximum Gasteiger partial charge on any atom is 0.242 e. The maximum absolute atomic E-state index is 13.4.